The Kier molecular flexibility index (Phi) is 6.79. The number of nitrogens with one attached hydrogen (secondary N) is 1. The fourth-order valence-electron chi connectivity index (χ4n) is 5.41. The van der Waals surface area contributed by atoms with Crippen molar-refractivity contribution in [2.45, 2.75) is 31.4 Å². The van der Waals surface area contributed by atoms with Crippen LogP contribution in [0.5, 0.6) is 0 Å². The van der Waals surface area contributed by atoms with Crippen LogP contribution in [-0.2, 0) is 16.0 Å². The summed E-state index contributed by atoms with van der Waals surface area (Å²) in [5, 5.41) is 5.34. The fraction of sp³-hybridized carbons (Fsp3) is 0.357. The molecular formula is C28H31N2O3S+. The number of carbonyl (C=O) groups is 2. The number of fused-ring (bicyclic) bond motifs is 3. The number of ketones is 1. The van der Waals surface area contributed by atoms with Crippen molar-refractivity contribution in [3.05, 3.63) is 88.6 Å². The maximum Gasteiger partial charge on any atom is 0.329 e. The summed E-state index contributed by atoms with van der Waals surface area (Å²) in [6, 6.07) is 23.2. The lowest BCUT2D eigenvalue weighted by atomic mass is 9.83. The number of benzene rings is 2. The van der Waals surface area contributed by atoms with Crippen LogP contribution in [0, 0.1) is 5.92 Å². The summed E-state index contributed by atoms with van der Waals surface area (Å²) in [4.78, 5) is 27.2. The third-order valence-electron chi connectivity index (χ3n) is 7.27. The Morgan fingerprint density at radius 2 is 1.68 bits per heavy atom. The first-order valence-electron chi connectivity index (χ1n) is 12.1. The highest BCUT2D eigenvalue weighted by Gasteiger charge is 2.49. The van der Waals surface area contributed by atoms with Gasteiger partial charge < -0.3 is 14.5 Å². The van der Waals surface area contributed by atoms with Crippen molar-refractivity contribution in [3.63, 3.8) is 0 Å². The minimum atomic E-state index is -0.471. The average molecular weight is 476 g/mol. The number of Topliss-reactive ketones (excluding diaryl/α,β-unsaturated/α-hetero) is 1. The Morgan fingerprint density at radius 3 is 2.35 bits per heavy atom. The molecule has 6 rings (SSSR count). The molecule has 3 aliphatic rings. The highest BCUT2D eigenvalue weighted by atomic mass is 32.1. The van der Waals surface area contributed by atoms with Gasteiger partial charge in [0.2, 0.25) is 5.78 Å². The smallest absolute Gasteiger partial charge is 0.329 e. The van der Waals surface area contributed by atoms with Gasteiger partial charge in [-0.15, -0.1) is 11.3 Å². The van der Waals surface area contributed by atoms with Crippen molar-refractivity contribution in [1.82, 2.24) is 0 Å². The number of nitrogens with zero attached hydrogens (tertiary/aromatic N) is 1. The summed E-state index contributed by atoms with van der Waals surface area (Å²) in [5.74, 6) is 0.372. The van der Waals surface area contributed by atoms with Gasteiger partial charge in [-0.1, -0.05) is 54.6 Å². The Labute approximate surface area is 205 Å². The van der Waals surface area contributed by atoms with Gasteiger partial charge >= 0.3 is 5.97 Å². The molecule has 0 radical (unpaired) electrons. The minimum Gasteiger partial charge on any atom is -0.455 e. The molecule has 1 aromatic heterocycles. The van der Waals surface area contributed by atoms with E-state index < -0.39 is 6.04 Å². The number of quaternary nitrogens is 1. The molecule has 0 saturated carbocycles. The highest BCUT2D eigenvalue weighted by Crippen LogP contribution is 2.36. The molecule has 2 bridgehead atoms. The molecule has 3 aliphatic heterocycles. The quantitative estimate of drug-likeness (QED) is 0.274. The molecule has 0 spiro atoms. The Balaban J connectivity index is 1.29. The van der Waals surface area contributed by atoms with Crippen LogP contribution in [0.25, 0.3) is 0 Å². The van der Waals surface area contributed by atoms with Crippen LogP contribution in [0.2, 0.25) is 0 Å². The molecule has 3 saturated heterocycles. The first-order chi connectivity index (χ1) is 16.6. The number of hydrogen-bond donors (Lipinski definition) is 1. The number of thiophene rings is 1. The zero-order valence-corrected chi connectivity index (χ0v) is 20.1. The molecule has 6 heteroatoms. The standard InChI is InChI=1S/C28H31N2O3S/c31-25(27-12-7-17-34-27)19-30-15-13-22(14-16-30)26(20-30)33-28(32)24(18-21-8-3-1-4-9-21)29-23-10-5-2-6-11-23/h1-12,17,22,24,26,29H,13-16,18-20H2/q+1. The summed E-state index contributed by atoms with van der Waals surface area (Å²) in [7, 11) is 0. The predicted octanol–water partition coefficient (Wildman–Crippen LogP) is 4.81. The van der Waals surface area contributed by atoms with E-state index in [0.717, 1.165) is 53.1 Å². The molecule has 2 unspecified atom stereocenters. The Morgan fingerprint density at radius 1 is 0.971 bits per heavy atom. The third-order valence-corrected chi connectivity index (χ3v) is 8.18. The van der Waals surface area contributed by atoms with Crippen LogP contribution in [0.4, 0.5) is 5.69 Å². The van der Waals surface area contributed by atoms with E-state index in [1.807, 2.05) is 78.2 Å². The number of esters is 1. The van der Waals surface area contributed by atoms with E-state index >= 15 is 0 Å². The second-order valence-electron chi connectivity index (χ2n) is 9.60. The van der Waals surface area contributed by atoms with Crippen LogP contribution in [-0.4, -0.2) is 54.6 Å². The molecule has 4 heterocycles. The van der Waals surface area contributed by atoms with E-state index in [-0.39, 0.29) is 17.9 Å². The number of ether oxygens (including phenoxy) is 1. The molecule has 2 aromatic carbocycles. The topological polar surface area (TPSA) is 55.4 Å². The molecule has 3 aromatic rings. The predicted molar refractivity (Wildman–Crippen MR) is 135 cm³/mol. The van der Waals surface area contributed by atoms with Gasteiger partial charge in [0.05, 0.1) is 18.0 Å². The molecule has 176 valence electrons. The Bertz CT molecular complexity index is 1050. The number of hydrogen-bond acceptors (Lipinski definition) is 5. The molecule has 0 amide bonds. The average Bonchev–Trinajstić information content (AvgIpc) is 3.41. The summed E-state index contributed by atoms with van der Waals surface area (Å²) in [6.07, 6.45) is 2.43. The van der Waals surface area contributed by atoms with Crippen molar-refractivity contribution >= 4 is 28.8 Å². The zero-order valence-electron chi connectivity index (χ0n) is 19.3. The normalized spacial score (nSPS) is 24.4. The van der Waals surface area contributed by atoms with E-state index in [9.17, 15) is 9.59 Å². The number of rotatable bonds is 9. The first-order valence-corrected chi connectivity index (χ1v) is 13.0. The summed E-state index contributed by atoms with van der Waals surface area (Å²) in [5.41, 5.74) is 1.99. The van der Waals surface area contributed by atoms with Crippen molar-refractivity contribution in [2.75, 3.05) is 31.5 Å². The van der Waals surface area contributed by atoms with Gasteiger partial charge in [-0.05, 0) is 29.1 Å². The highest BCUT2D eigenvalue weighted by molar-refractivity contribution is 7.12. The summed E-state index contributed by atoms with van der Waals surface area (Å²) in [6.45, 7) is 3.21. The van der Waals surface area contributed by atoms with Gasteiger partial charge in [0, 0.05) is 30.9 Å². The number of carbonyl (C=O) groups excluding carboxylic acids is 2. The van der Waals surface area contributed by atoms with E-state index in [1.165, 1.54) is 11.3 Å². The largest absolute Gasteiger partial charge is 0.455 e. The van der Waals surface area contributed by atoms with E-state index in [1.54, 1.807) is 0 Å². The monoisotopic (exact) mass is 475 g/mol. The van der Waals surface area contributed by atoms with Gasteiger partial charge in [-0.2, -0.15) is 0 Å². The Hall–Kier alpha value is -2.96. The lowest BCUT2D eigenvalue weighted by Gasteiger charge is -2.51. The number of anilines is 1. The summed E-state index contributed by atoms with van der Waals surface area (Å²) < 4.78 is 6.94. The molecule has 2 atom stereocenters. The van der Waals surface area contributed by atoms with Crippen molar-refractivity contribution in [2.24, 2.45) is 5.92 Å². The van der Waals surface area contributed by atoms with Crippen molar-refractivity contribution in [1.29, 1.82) is 0 Å². The van der Waals surface area contributed by atoms with Crippen molar-refractivity contribution in [3.8, 4) is 0 Å². The third kappa shape index (κ3) is 5.24. The fourth-order valence-corrected chi connectivity index (χ4v) is 6.06. The van der Waals surface area contributed by atoms with Gasteiger partial charge in [0.25, 0.3) is 0 Å². The number of para-hydroxylation sites is 1. The maximum absolute atomic E-state index is 13.5. The zero-order chi connectivity index (χ0) is 23.4. The molecular weight excluding hydrogens is 444 g/mol. The van der Waals surface area contributed by atoms with Crippen LogP contribution in [0.3, 0.4) is 0 Å². The van der Waals surface area contributed by atoms with E-state index in [0.29, 0.717) is 18.9 Å². The minimum absolute atomic E-state index is 0.137. The van der Waals surface area contributed by atoms with Crippen LogP contribution in [0.1, 0.15) is 28.1 Å². The summed E-state index contributed by atoms with van der Waals surface area (Å²) >= 11 is 1.51. The van der Waals surface area contributed by atoms with Gasteiger partial charge in [-0.3, -0.25) is 4.79 Å². The lowest BCUT2D eigenvalue weighted by Crippen LogP contribution is -2.66. The SMILES string of the molecule is O=C(C[N+]12CCC(CC1)C(OC(=O)C(Cc1ccccc1)Nc1ccccc1)C2)c1cccs1. The number of piperidine rings is 3. The molecule has 5 nitrogen and oxygen atoms in total. The molecule has 34 heavy (non-hydrogen) atoms. The maximum atomic E-state index is 13.5. The second kappa shape index (κ2) is 10.1. The van der Waals surface area contributed by atoms with Gasteiger partial charge in [0.15, 0.2) is 6.10 Å². The van der Waals surface area contributed by atoms with Crippen molar-refractivity contribution < 1.29 is 18.8 Å². The van der Waals surface area contributed by atoms with E-state index in [2.05, 4.69) is 5.32 Å². The van der Waals surface area contributed by atoms with Crippen LogP contribution in [0.15, 0.2) is 78.2 Å². The van der Waals surface area contributed by atoms with Crippen LogP contribution >= 0.6 is 11.3 Å². The van der Waals surface area contributed by atoms with Gasteiger partial charge in [-0.25, -0.2) is 4.79 Å². The molecule has 1 N–H and O–H groups in total. The second-order valence-corrected chi connectivity index (χ2v) is 10.5. The van der Waals surface area contributed by atoms with Gasteiger partial charge in [0.1, 0.15) is 19.1 Å². The molecule has 0 aliphatic carbocycles. The lowest BCUT2D eigenvalue weighted by molar-refractivity contribution is -0.938. The van der Waals surface area contributed by atoms with E-state index in [4.69, 9.17) is 4.74 Å². The molecule has 3 fully saturated rings. The van der Waals surface area contributed by atoms with Crippen LogP contribution < -0.4 is 5.32 Å². The first kappa shape index (κ1) is 22.8.